The summed E-state index contributed by atoms with van der Waals surface area (Å²) in [4.78, 5) is 31.1. The molecule has 6 heteroatoms. The highest BCUT2D eigenvalue weighted by atomic mass is 16.7. The molecule has 0 saturated heterocycles. The van der Waals surface area contributed by atoms with Gasteiger partial charge in [-0.05, 0) is 12.1 Å². The molecule has 2 amide bonds. The number of nitrogens with zero attached hydrogens (tertiary/aromatic N) is 1. The number of rotatable bonds is 4. The van der Waals surface area contributed by atoms with Crippen molar-refractivity contribution in [3.05, 3.63) is 42.1 Å². The van der Waals surface area contributed by atoms with Crippen LogP contribution in [-0.2, 0) is 9.63 Å². The van der Waals surface area contributed by atoms with Crippen molar-refractivity contribution >= 4 is 22.7 Å². The zero-order valence-electron chi connectivity index (χ0n) is 9.42. The van der Waals surface area contributed by atoms with Crippen LogP contribution in [0.3, 0.4) is 0 Å². The SMILES string of the molecule is NC(=O)CONC(=O)c1ccnc2ccccc12. The fourth-order valence-electron chi connectivity index (χ4n) is 1.52. The molecule has 6 nitrogen and oxygen atoms in total. The number of benzene rings is 1. The molecule has 0 radical (unpaired) electrons. The third kappa shape index (κ3) is 2.61. The van der Waals surface area contributed by atoms with Gasteiger partial charge < -0.3 is 5.73 Å². The van der Waals surface area contributed by atoms with E-state index in [1.807, 2.05) is 12.1 Å². The second-order valence-electron chi connectivity index (χ2n) is 3.56. The predicted octanol–water partition coefficient (Wildman–Crippen LogP) is 0.382. The van der Waals surface area contributed by atoms with Gasteiger partial charge in [0, 0.05) is 11.6 Å². The number of hydroxylamine groups is 1. The van der Waals surface area contributed by atoms with Gasteiger partial charge in [-0.1, -0.05) is 18.2 Å². The van der Waals surface area contributed by atoms with Crippen LogP contribution in [0.4, 0.5) is 0 Å². The van der Waals surface area contributed by atoms with E-state index >= 15 is 0 Å². The fourth-order valence-corrected chi connectivity index (χ4v) is 1.52. The molecule has 0 saturated carbocycles. The number of aromatic nitrogens is 1. The highest BCUT2D eigenvalue weighted by Crippen LogP contribution is 2.15. The van der Waals surface area contributed by atoms with Crippen molar-refractivity contribution in [2.45, 2.75) is 0 Å². The van der Waals surface area contributed by atoms with Crippen molar-refractivity contribution in [2.75, 3.05) is 6.61 Å². The van der Waals surface area contributed by atoms with Gasteiger partial charge in [0.2, 0.25) is 5.91 Å². The van der Waals surface area contributed by atoms with Gasteiger partial charge in [-0.2, -0.15) is 0 Å². The largest absolute Gasteiger partial charge is 0.368 e. The Kier molecular flexibility index (Phi) is 3.49. The molecular formula is C12H11N3O3. The van der Waals surface area contributed by atoms with Crippen molar-refractivity contribution in [1.82, 2.24) is 10.5 Å². The number of pyridine rings is 1. The Morgan fingerprint density at radius 3 is 2.83 bits per heavy atom. The van der Waals surface area contributed by atoms with Crippen LogP contribution in [0, 0.1) is 0 Å². The van der Waals surface area contributed by atoms with Crippen LogP contribution in [0.2, 0.25) is 0 Å². The third-order valence-electron chi connectivity index (χ3n) is 2.27. The summed E-state index contributed by atoms with van der Waals surface area (Å²) in [7, 11) is 0. The summed E-state index contributed by atoms with van der Waals surface area (Å²) in [5.41, 5.74) is 8.17. The van der Waals surface area contributed by atoms with Crippen LogP contribution < -0.4 is 11.2 Å². The van der Waals surface area contributed by atoms with Gasteiger partial charge in [0.25, 0.3) is 5.91 Å². The quantitative estimate of drug-likeness (QED) is 0.761. The average Bonchev–Trinajstić information content (AvgIpc) is 2.37. The summed E-state index contributed by atoms with van der Waals surface area (Å²) in [5, 5.41) is 0.708. The van der Waals surface area contributed by atoms with Crippen LogP contribution in [-0.4, -0.2) is 23.4 Å². The normalized spacial score (nSPS) is 10.2. The Hall–Kier alpha value is -2.47. The Bertz CT molecular complexity index is 593. The Balaban J connectivity index is 2.20. The molecule has 0 aliphatic rings. The molecule has 0 aliphatic heterocycles. The Morgan fingerprint density at radius 1 is 1.28 bits per heavy atom. The molecule has 0 aliphatic carbocycles. The van der Waals surface area contributed by atoms with Crippen LogP contribution in [0.15, 0.2) is 36.5 Å². The first kappa shape index (κ1) is 12.0. The van der Waals surface area contributed by atoms with Gasteiger partial charge in [0.1, 0.15) is 0 Å². The van der Waals surface area contributed by atoms with E-state index < -0.39 is 11.8 Å². The molecule has 0 bridgehead atoms. The first-order chi connectivity index (χ1) is 8.68. The molecule has 92 valence electrons. The van der Waals surface area contributed by atoms with E-state index in [-0.39, 0.29) is 6.61 Å². The number of nitrogens with one attached hydrogen (secondary N) is 1. The van der Waals surface area contributed by atoms with Crippen LogP contribution >= 0.6 is 0 Å². The van der Waals surface area contributed by atoms with E-state index in [0.717, 1.165) is 0 Å². The molecule has 0 fully saturated rings. The number of carbonyl (C=O) groups excluding carboxylic acids is 2. The predicted molar refractivity (Wildman–Crippen MR) is 64.4 cm³/mol. The number of hydrogen-bond donors (Lipinski definition) is 2. The minimum Gasteiger partial charge on any atom is -0.368 e. The Morgan fingerprint density at radius 2 is 2.06 bits per heavy atom. The topological polar surface area (TPSA) is 94.3 Å². The second-order valence-corrected chi connectivity index (χ2v) is 3.56. The summed E-state index contributed by atoms with van der Waals surface area (Å²) in [6.45, 7) is -0.366. The summed E-state index contributed by atoms with van der Waals surface area (Å²) in [6.07, 6.45) is 1.53. The van der Waals surface area contributed by atoms with Gasteiger partial charge in [0.15, 0.2) is 6.61 Å². The molecule has 2 rings (SSSR count). The van der Waals surface area contributed by atoms with Gasteiger partial charge in [-0.3, -0.25) is 19.4 Å². The fraction of sp³-hybridized carbons (Fsp3) is 0.0833. The lowest BCUT2D eigenvalue weighted by atomic mass is 10.1. The lowest BCUT2D eigenvalue weighted by Crippen LogP contribution is -2.29. The van der Waals surface area contributed by atoms with Crippen molar-refractivity contribution in [1.29, 1.82) is 0 Å². The van der Waals surface area contributed by atoms with Crippen LogP contribution in [0.1, 0.15) is 10.4 Å². The van der Waals surface area contributed by atoms with Crippen molar-refractivity contribution < 1.29 is 14.4 Å². The maximum atomic E-state index is 11.8. The molecule has 1 aromatic carbocycles. The van der Waals surface area contributed by atoms with Gasteiger partial charge in [-0.25, -0.2) is 5.48 Å². The molecular weight excluding hydrogens is 234 g/mol. The summed E-state index contributed by atoms with van der Waals surface area (Å²) in [5.74, 6) is -1.11. The number of nitrogens with two attached hydrogens (primary N) is 1. The lowest BCUT2D eigenvalue weighted by molar-refractivity contribution is -0.124. The number of primary amides is 1. The highest BCUT2D eigenvalue weighted by molar-refractivity contribution is 6.05. The van der Waals surface area contributed by atoms with Crippen molar-refractivity contribution in [3.63, 3.8) is 0 Å². The Labute approximate surface area is 103 Å². The van der Waals surface area contributed by atoms with Gasteiger partial charge >= 0.3 is 0 Å². The first-order valence-electron chi connectivity index (χ1n) is 5.22. The number of amides is 2. The molecule has 3 N–H and O–H groups in total. The molecule has 0 spiro atoms. The molecule has 1 heterocycles. The standard InChI is InChI=1S/C12H11N3O3/c13-11(16)7-18-15-12(17)9-5-6-14-10-4-2-1-3-8(9)10/h1-6H,7H2,(H2,13,16)(H,15,17). The zero-order chi connectivity index (χ0) is 13.0. The summed E-state index contributed by atoms with van der Waals surface area (Å²) in [6, 6.07) is 8.80. The maximum absolute atomic E-state index is 11.8. The van der Waals surface area contributed by atoms with Gasteiger partial charge in [0.05, 0.1) is 11.1 Å². The van der Waals surface area contributed by atoms with E-state index in [4.69, 9.17) is 5.73 Å². The van der Waals surface area contributed by atoms with E-state index in [9.17, 15) is 9.59 Å². The molecule has 18 heavy (non-hydrogen) atoms. The smallest absolute Gasteiger partial charge is 0.275 e. The average molecular weight is 245 g/mol. The van der Waals surface area contributed by atoms with Crippen molar-refractivity contribution in [3.8, 4) is 0 Å². The molecule has 0 unspecified atom stereocenters. The van der Waals surface area contributed by atoms with Crippen LogP contribution in [0.5, 0.6) is 0 Å². The molecule has 0 atom stereocenters. The number of para-hydroxylation sites is 1. The van der Waals surface area contributed by atoms with Crippen molar-refractivity contribution in [2.24, 2.45) is 5.73 Å². The maximum Gasteiger partial charge on any atom is 0.275 e. The zero-order valence-corrected chi connectivity index (χ0v) is 9.42. The number of carbonyl (C=O) groups is 2. The van der Waals surface area contributed by atoms with E-state index in [2.05, 4.69) is 15.3 Å². The first-order valence-corrected chi connectivity index (χ1v) is 5.22. The second kappa shape index (κ2) is 5.24. The molecule has 1 aromatic heterocycles. The summed E-state index contributed by atoms with van der Waals surface area (Å²) >= 11 is 0. The number of hydrogen-bond acceptors (Lipinski definition) is 4. The third-order valence-corrected chi connectivity index (χ3v) is 2.27. The molecule has 2 aromatic rings. The summed E-state index contributed by atoms with van der Waals surface area (Å²) < 4.78 is 0. The van der Waals surface area contributed by atoms with Crippen LogP contribution in [0.25, 0.3) is 10.9 Å². The lowest BCUT2D eigenvalue weighted by Gasteiger charge is -2.06. The van der Waals surface area contributed by atoms with E-state index in [1.54, 1.807) is 18.2 Å². The van der Waals surface area contributed by atoms with E-state index in [1.165, 1.54) is 6.20 Å². The van der Waals surface area contributed by atoms with Gasteiger partial charge in [-0.15, -0.1) is 0 Å². The highest BCUT2D eigenvalue weighted by Gasteiger charge is 2.10. The minimum atomic E-state index is -0.658. The van der Waals surface area contributed by atoms with E-state index in [0.29, 0.717) is 16.5 Å². The minimum absolute atomic E-state index is 0.366. The monoisotopic (exact) mass is 245 g/mol. The number of fused-ring (bicyclic) bond motifs is 1.